The number of halogens is 3. The summed E-state index contributed by atoms with van der Waals surface area (Å²) in [6.45, 7) is -0.293. The smallest absolute Gasteiger partial charge is 0.432 e. The molecule has 0 bridgehead atoms. The largest absolute Gasteiger partial charge is 0.486 e. The van der Waals surface area contributed by atoms with Crippen LogP contribution in [0.1, 0.15) is 0 Å². The molecule has 0 unspecified atom stereocenters. The van der Waals surface area contributed by atoms with E-state index in [-0.39, 0.29) is 19.0 Å². The van der Waals surface area contributed by atoms with Gasteiger partial charge in [-0.3, -0.25) is 0 Å². The molecule has 0 radical (unpaired) electrons. The van der Waals surface area contributed by atoms with Crippen molar-refractivity contribution in [1.29, 1.82) is 0 Å². The van der Waals surface area contributed by atoms with Crippen LogP contribution in [0.3, 0.4) is 0 Å². The van der Waals surface area contributed by atoms with Crippen molar-refractivity contribution in [3.8, 4) is 5.75 Å². The van der Waals surface area contributed by atoms with Crippen LogP contribution in [0.5, 0.6) is 5.75 Å². The fourth-order valence-electron chi connectivity index (χ4n) is 1.32. The van der Waals surface area contributed by atoms with Crippen molar-refractivity contribution < 1.29 is 27.4 Å². The molecule has 0 aliphatic carbocycles. The Kier molecular flexibility index (Phi) is 2.77. The fourth-order valence-corrected chi connectivity index (χ4v) is 1.32. The van der Waals surface area contributed by atoms with E-state index in [1.165, 1.54) is 12.1 Å². The first kappa shape index (κ1) is 11.2. The summed E-state index contributed by atoms with van der Waals surface area (Å²) in [7, 11) is 0. The second-order valence-corrected chi connectivity index (χ2v) is 3.17. The van der Waals surface area contributed by atoms with Crippen molar-refractivity contribution in [3.05, 3.63) is 30.3 Å². The number of rotatable bonds is 2. The molecule has 0 aromatic heterocycles. The topological polar surface area (TPSA) is 27.7 Å². The molecule has 6 heteroatoms. The van der Waals surface area contributed by atoms with Gasteiger partial charge in [0.05, 0.1) is 13.2 Å². The standard InChI is InChI=1S/C10H9F3O3/c11-9(12,13)10(14-6-7-15-10)16-8-4-2-1-3-5-8/h1-5H,6-7H2. The van der Waals surface area contributed by atoms with E-state index in [1.54, 1.807) is 18.2 Å². The van der Waals surface area contributed by atoms with Gasteiger partial charge in [0.1, 0.15) is 5.75 Å². The zero-order valence-electron chi connectivity index (χ0n) is 8.16. The second kappa shape index (κ2) is 3.95. The number of benzene rings is 1. The van der Waals surface area contributed by atoms with E-state index in [1.807, 2.05) is 0 Å². The maximum Gasteiger partial charge on any atom is 0.486 e. The van der Waals surface area contributed by atoms with Gasteiger partial charge in [-0.25, -0.2) is 0 Å². The number of hydrogen-bond acceptors (Lipinski definition) is 3. The highest BCUT2D eigenvalue weighted by Crippen LogP contribution is 2.39. The minimum atomic E-state index is -4.74. The molecule has 1 aromatic carbocycles. The van der Waals surface area contributed by atoms with Crippen LogP contribution in [0, 0.1) is 0 Å². The third-order valence-corrected chi connectivity index (χ3v) is 2.01. The molecule has 3 nitrogen and oxygen atoms in total. The Hall–Kier alpha value is -1.27. The Morgan fingerprint density at radius 1 is 1.06 bits per heavy atom. The van der Waals surface area contributed by atoms with Gasteiger partial charge in [0.15, 0.2) is 0 Å². The van der Waals surface area contributed by atoms with Crippen LogP contribution in [0.25, 0.3) is 0 Å². The lowest BCUT2D eigenvalue weighted by molar-refractivity contribution is -0.422. The molecule has 0 amide bonds. The molecule has 1 aromatic rings. The molecule has 16 heavy (non-hydrogen) atoms. The summed E-state index contributed by atoms with van der Waals surface area (Å²) in [4.78, 5) is 0. The maximum atomic E-state index is 12.7. The van der Waals surface area contributed by atoms with Gasteiger partial charge in [-0.1, -0.05) is 18.2 Å². The molecule has 0 N–H and O–H groups in total. The van der Waals surface area contributed by atoms with Gasteiger partial charge in [0, 0.05) is 0 Å². The Labute approximate surface area is 89.7 Å². The van der Waals surface area contributed by atoms with E-state index < -0.39 is 12.1 Å². The Morgan fingerprint density at radius 2 is 1.62 bits per heavy atom. The van der Waals surface area contributed by atoms with E-state index in [4.69, 9.17) is 4.74 Å². The van der Waals surface area contributed by atoms with Crippen molar-refractivity contribution in [2.45, 2.75) is 12.1 Å². The van der Waals surface area contributed by atoms with Gasteiger partial charge in [-0.15, -0.1) is 0 Å². The normalized spacial score (nSPS) is 19.7. The van der Waals surface area contributed by atoms with E-state index >= 15 is 0 Å². The average molecular weight is 234 g/mol. The van der Waals surface area contributed by atoms with Gasteiger partial charge in [0.2, 0.25) is 0 Å². The molecular formula is C10H9F3O3. The second-order valence-electron chi connectivity index (χ2n) is 3.17. The molecule has 1 saturated heterocycles. The molecule has 88 valence electrons. The predicted octanol–water partition coefficient (Wildman–Crippen LogP) is 2.33. The molecule has 1 aliphatic heterocycles. The van der Waals surface area contributed by atoms with Crippen LogP contribution >= 0.6 is 0 Å². The molecule has 1 aliphatic rings. The van der Waals surface area contributed by atoms with Crippen molar-refractivity contribution in [2.24, 2.45) is 0 Å². The van der Waals surface area contributed by atoms with E-state index in [9.17, 15) is 13.2 Å². The van der Waals surface area contributed by atoms with Gasteiger partial charge < -0.3 is 14.2 Å². The molecule has 2 rings (SSSR count). The molecule has 0 atom stereocenters. The first-order valence-electron chi connectivity index (χ1n) is 4.62. The Bertz CT molecular complexity index is 344. The summed E-state index contributed by atoms with van der Waals surface area (Å²) in [6.07, 6.45) is -4.74. The lowest BCUT2D eigenvalue weighted by Gasteiger charge is -2.29. The highest BCUT2D eigenvalue weighted by molar-refractivity contribution is 5.21. The van der Waals surface area contributed by atoms with Gasteiger partial charge in [-0.05, 0) is 12.1 Å². The van der Waals surface area contributed by atoms with Crippen LogP contribution in [0.4, 0.5) is 13.2 Å². The van der Waals surface area contributed by atoms with Crippen LogP contribution in [-0.2, 0) is 9.47 Å². The average Bonchev–Trinajstić information content (AvgIpc) is 2.68. The number of alkyl halides is 3. The van der Waals surface area contributed by atoms with Crippen molar-refractivity contribution in [1.82, 2.24) is 0 Å². The molecular weight excluding hydrogens is 225 g/mol. The monoisotopic (exact) mass is 234 g/mol. The first-order chi connectivity index (χ1) is 7.54. The summed E-state index contributed by atoms with van der Waals surface area (Å²) in [5.74, 6) is -2.92. The van der Waals surface area contributed by atoms with Crippen LogP contribution in [0.2, 0.25) is 0 Å². The van der Waals surface area contributed by atoms with E-state index in [0.29, 0.717) is 0 Å². The Balaban J connectivity index is 2.22. The summed E-state index contributed by atoms with van der Waals surface area (Å²) in [5, 5.41) is 0. The van der Waals surface area contributed by atoms with Crippen molar-refractivity contribution in [3.63, 3.8) is 0 Å². The molecule has 0 spiro atoms. The summed E-state index contributed by atoms with van der Waals surface area (Å²) in [5.41, 5.74) is 0. The number of hydrogen-bond donors (Lipinski definition) is 0. The van der Waals surface area contributed by atoms with E-state index in [2.05, 4.69) is 9.47 Å². The maximum absolute atomic E-state index is 12.7. The zero-order valence-corrected chi connectivity index (χ0v) is 8.16. The quantitative estimate of drug-likeness (QED) is 0.786. The molecule has 0 saturated carbocycles. The third kappa shape index (κ3) is 1.98. The lowest BCUT2D eigenvalue weighted by atomic mass is 10.3. The van der Waals surface area contributed by atoms with E-state index in [0.717, 1.165) is 0 Å². The first-order valence-corrected chi connectivity index (χ1v) is 4.62. The highest BCUT2D eigenvalue weighted by Gasteiger charge is 2.64. The predicted molar refractivity (Wildman–Crippen MR) is 47.8 cm³/mol. The number of ether oxygens (including phenoxy) is 3. The summed E-state index contributed by atoms with van der Waals surface area (Å²) >= 11 is 0. The van der Waals surface area contributed by atoms with Crippen molar-refractivity contribution in [2.75, 3.05) is 13.2 Å². The zero-order chi connectivity index (χ0) is 11.6. The fraction of sp³-hybridized carbons (Fsp3) is 0.400. The van der Waals surface area contributed by atoms with Crippen LogP contribution in [-0.4, -0.2) is 25.4 Å². The lowest BCUT2D eigenvalue weighted by Crippen LogP contribution is -2.51. The highest BCUT2D eigenvalue weighted by atomic mass is 19.4. The van der Waals surface area contributed by atoms with Crippen LogP contribution in [0.15, 0.2) is 30.3 Å². The summed E-state index contributed by atoms with van der Waals surface area (Å²) < 4.78 is 52.0. The van der Waals surface area contributed by atoms with Gasteiger partial charge in [-0.2, -0.15) is 13.2 Å². The van der Waals surface area contributed by atoms with Crippen molar-refractivity contribution >= 4 is 0 Å². The molecule has 1 fully saturated rings. The van der Waals surface area contributed by atoms with Crippen LogP contribution < -0.4 is 4.74 Å². The number of para-hydroxylation sites is 1. The molecule has 1 heterocycles. The van der Waals surface area contributed by atoms with Gasteiger partial charge >= 0.3 is 12.1 Å². The Morgan fingerprint density at radius 3 is 2.12 bits per heavy atom. The summed E-state index contributed by atoms with van der Waals surface area (Å²) in [6, 6.07) is 7.60. The van der Waals surface area contributed by atoms with Gasteiger partial charge in [0.25, 0.3) is 0 Å². The minimum absolute atomic E-state index is 0.0433. The third-order valence-electron chi connectivity index (χ3n) is 2.01. The minimum Gasteiger partial charge on any atom is -0.432 e. The SMILES string of the molecule is FC(F)(F)C1(Oc2ccccc2)OCCO1.